The summed E-state index contributed by atoms with van der Waals surface area (Å²) in [6.07, 6.45) is 1.45. The van der Waals surface area contributed by atoms with Crippen molar-refractivity contribution in [2.24, 2.45) is 0 Å². The summed E-state index contributed by atoms with van der Waals surface area (Å²) in [5, 5.41) is 9.10. The van der Waals surface area contributed by atoms with Crippen molar-refractivity contribution in [1.82, 2.24) is 4.98 Å². The van der Waals surface area contributed by atoms with Crippen LogP contribution in [0.2, 0.25) is 5.02 Å². The molecule has 0 atom stereocenters. The zero-order valence-corrected chi connectivity index (χ0v) is 5.97. The quantitative estimate of drug-likeness (QED) is 0.636. The molecule has 0 unspecified atom stereocenters. The van der Waals surface area contributed by atoms with Crippen LogP contribution < -0.4 is 5.73 Å². The highest BCUT2D eigenvalue weighted by molar-refractivity contribution is 6.30. The van der Waals surface area contributed by atoms with Crippen LogP contribution in [0.4, 0.5) is 5.69 Å². The molecule has 0 fully saturated rings. The second-order valence-electron chi connectivity index (χ2n) is 1.85. The molecule has 1 heterocycles. The molecular weight excluding hydrogens is 152 g/mol. The van der Waals surface area contributed by atoms with Gasteiger partial charge in [-0.15, -0.1) is 0 Å². The Labute approximate surface area is 63.5 Å². The molecule has 0 aromatic carbocycles. The van der Waals surface area contributed by atoms with E-state index < -0.39 is 0 Å². The van der Waals surface area contributed by atoms with Crippen LogP contribution in [0, 0.1) is 0 Å². The maximum atomic E-state index is 8.62. The fourth-order valence-corrected chi connectivity index (χ4v) is 0.782. The summed E-state index contributed by atoms with van der Waals surface area (Å²) in [4.78, 5) is 3.79. The molecule has 0 amide bonds. The average molecular weight is 159 g/mol. The van der Waals surface area contributed by atoms with Gasteiger partial charge < -0.3 is 10.8 Å². The molecule has 0 bridgehead atoms. The fourth-order valence-electron chi connectivity index (χ4n) is 0.615. The minimum absolute atomic E-state index is 0.150. The van der Waals surface area contributed by atoms with Crippen molar-refractivity contribution in [2.75, 3.05) is 5.73 Å². The topological polar surface area (TPSA) is 59.1 Å². The summed E-state index contributed by atoms with van der Waals surface area (Å²) >= 11 is 5.55. The van der Waals surface area contributed by atoms with E-state index in [-0.39, 0.29) is 6.61 Å². The Morgan fingerprint density at radius 2 is 2.40 bits per heavy atom. The number of nitrogens with two attached hydrogens (primary N) is 1. The van der Waals surface area contributed by atoms with Gasteiger partial charge in [-0.25, -0.2) is 0 Å². The number of aliphatic hydroxyl groups excluding tert-OH is 1. The summed E-state index contributed by atoms with van der Waals surface area (Å²) < 4.78 is 0. The summed E-state index contributed by atoms with van der Waals surface area (Å²) in [5.41, 5.74) is 6.31. The van der Waals surface area contributed by atoms with E-state index in [0.717, 1.165) is 0 Å². The number of pyridine rings is 1. The molecule has 10 heavy (non-hydrogen) atoms. The molecule has 1 aromatic heterocycles. The Bertz CT molecular complexity index is 239. The van der Waals surface area contributed by atoms with Crippen molar-refractivity contribution in [3.63, 3.8) is 0 Å². The third kappa shape index (κ3) is 1.37. The molecule has 1 aromatic rings. The molecule has 0 aliphatic rings. The molecule has 0 saturated heterocycles. The monoisotopic (exact) mass is 158 g/mol. The van der Waals surface area contributed by atoms with Gasteiger partial charge in [0.2, 0.25) is 0 Å². The zero-order valence-electron chi connectivity index (χ0n) is 5.21. The van der Waals surface area contributed by atoms with Crippen molar-refractivity contribution in [2.45, 2.75) is 6.61 Å². The van der Waals surface area contributed by atoms with E-state index in [1.54, 1.807) is 6.07 Å². The van der Waals surface area contributed by atoms with Gasteiger partial charge in [-0.05, 0) is 6.07 Å². The third-order valence-electron chi connectivity index (χ3n) is 1.12. The van der Waals surface area contributed by atoms with E-state index in [1.165, 1.54) is 6.20 Å². The van der Waals surface area contributed by atoms with Gasteiger partial charge in [-0.2, -0.15) is 0 Å². The van der Waals surface area contributed by atoms with Crippen LogP contribution >= 0.6 is 11.6 Å². The maximum Gasteiger partial charge on any atom is 0.0887 e. The van der Waals surface area contributed by atoms with Crippen LogP contribution in [0.25, 0.3) is 0 Å². The predicted octanol–water partition coefficient (Wildman–Crippen LogP) is 0.810. The number of anilines is 1. The maximum absolute atomic E-state index is 8.62. The number of rotatable bonds is 1. The fraction of sp³-hybridized carbons (Fsp3) is 0.167. The number of hydrogen-bond donors (Lipinski definition) is 2. The molecule has 0 aliphatic heterocycles. The van der Waals surface area contributed by atoms with Gasteiger partial charge in [0, 0.05) is 6.20 Å². The molecular formula is C6H7ClN2O. The standard InChI is InChI=1S/C6H7ClN2O/c7-4-1-5(8)6(3-10)9-2-4/h1-2,10H,3,8H2. The van der Waals surface area contributed by atoms with Crippen molar-refractivity contribution in [1.29, 1.82) is 0 Å². The Morgan fingerprint density at radius 3 is 2.90 bits per heavy atom. The number of nitrogen functional groups attached to an aromatic ring is 1. The Hall–Kier alpha value is -0.800. The van der Waals surface area contributed by atoms with Gasteiger partial charge in [-0.1, -0.05) is 11.6 Å². The van der Waals surface area contributed by atoms with Gasteiger partial charge in [0.1, 0.15) is 0 Å². The highest BCUT2D eigenvalue weighted by Crippen LogP contribution is 2.14. The largest absolute Gasteiger partial charge is 0.397 e. The van der Waals surface area contributed by atoms with E-state index in [9.17, 15) is 0 Å². The van der Waals surface area contributed by atoms with E-state index in [0.29, 0.717) is 16.4 Å². The van der Waals surface area contributed by atoms with Crippen LogP contribution in [0.3, 0.4) is 0 Å². The summed E-state index contributed by atoms with van der Waals surface area (Å²) in [7, 11) is 0. The number of aromatic nitrogens is 1. The van der Waals surface area contributed by atoms with Gasteiger partial charge in [0.05, 0.1) is 23.0 Å². The first-order valence-electron chi connectivity index (χ1n) is 2.75. The van der Waals surface area contributed by atoms with Gasteiger partial charge in [-0.3, -0.25) is 4.98 Å². The lowest BCUT2D eigenvalue weighted by Gasteiger charge is -1.99. The van der Waals surface area contributed by atoms with Crippen LogP contribution in [0.1, 0.15) is 5.69 Å². The normalized spacial score (nSPS) is 9.80. The summed E-state index contributed by atoms with van der Waals surface area (Å²) in [5.74, 6) is 0. The molecule has 0 saturated carbocycles. The van der Waals surface area contributed by atoms with Gasteiger partial charge in [0.15, 0.2) is 0 Å². The van der Waals surface area contributed by atoms with Crippen molar-refractivity contribution in [3.8, 4) is 0 Å². The lowest BCUT2D eigenvalue weighted by Crippen LogP contribution is -1.96. The van der Waals surface area contributed by atoms with Crippen LogP contribution in [0.15, 0.2) is 12.3 Å². The van der Waals surface area contributed by atoms with Gasteiger partial charge in [0.25, 0.3) is 0 Å². The Morgan fingerprint density at radius 1 is 1.70 bits per heavy atom. The number of hydrogen-bond acceptors (Lipinski definition) is 3. The molecule has 1 rings (SSSR count). The van der Waals surface area contributed by atoms with Crippen LogP contribution in [0.5, 0.6) is 0 Å². The SMILES string of the molecule is Nc1cc(Cl)cnc1CO. The minimum atomic E-state index is -0.150. The van der Waals surface area contributed by atoms with E-state index >= 15 is 0 Å². The summed E-state index contributed by atoms with van der Waals surface area (Å²) in [6.45, 7) is -0.150. The predicted molar refractivity (Wildman–Crippen MR) is 39.6 cm³/mol. The van der Waals surface area contributed by atoms with Crippen molar-refractivity contribution in [3.05, 3.63) is 23.0 Å². The second kappa shape index (κ2) is 2.86. The van der Waals surface area contributed by atoms with Crippen molar-refractivity contribution >= 4 is 17.3 Å². The highest BCUT2D eigenvalue weighted by Gasteiger charge is 1.97. The molecule has 0 aliphatic carbocycles. The number of nitrogens with zero attached hydrogens (tertiary/aromatic N) is 1. The van der Waals surface area contributed by atoms with E-state index in [1.807, 2.05) is 0 Å². The third-order valence-corrected chi connectivity index (χ3v) is 1.33. The minimum Gasteiger partial charge on any atom is -0.397 e. The van der Waals surface area contributed by atoms with Crippen LogP contribution in [-0.2, 0) is 6.61 Å². The molecule has 0 spiro atoms. The first-order chi connectivity index (χ1) is 4.74. The lowest BCUT2D eigenvalue weighted by molar-refractivity contribution is 0.277. The van der Waals surface area contributed by atoms with Crippen LogP contribution in [-0.4, -0.2) is 10.1 Å². The molecule has 4 heteroatoms. The number of halogens is 1. The first-order valence-corrected chi connectivity index (χ1v) is 3.12. The Kier molecular flexibility index (Phi) is 2.09. The summed E-state index contributed by atoms with van der Waals surface area (Å²) in [6, 6.07) is 1.56. The lowest BCUT2D eigenvalue weighted by atomic mass is 10.3. The first kappa shape index (κ1) is 7.31. The van der Waals surface area contributed by atoms with E-state index in [2.05, 4.69) is 4.98 Å². The molecule has 3 nitrogen and oxygen atoms in total. The van der Waals surface area contributed by atoms with Crippen molar-refractivity contribution < 1.29 is 5.11 Å². The average Bonchev–Trinajstić information content (AvgIpc) is 1.88. The molecule has 54 valence electrons. The molecule has 0 radical (unpaired) electrons. The van der Waals surface area contributed by atoms with Gasteiger partial charge >= 0.3 is 0 Å². The zero-order chi connectivity index (χ0) is 7.56. The highest BCUT2D eigenvalue weighted by atomic mass is 35.5. The smallest absolute Gasteiger partial charge is 0.0887 e. The second-order valence-corrected chi connectivity index (χ2v) is 2.28. The number of aliphatic hydroxyl groups is 1. The van der Waals surface area contributed by atoms with E-state index in [4.69, 9.17) is 22.4 Å². The molecule has 3 N–H and O–H groups in total. The Balaban J connectivity index is 3.07.